The van der Waals surface area contributed by atoms with E-state index in [4.69, 9.17) is 10.5 Å². The summed E-state index contributed by atoms with van der Waals surface area (Å²) in [4.78, 5) is 0. The summed E-state index contributed by atoms with van der Waals surface area (Å²) >= 11 is 0. The van der Waals surface area contributed by atoms with Crippen molar-refractivity contribution in [3.8, 4) is 5.75 Å². The van der Waals surface area contributed by atoms with E-state index in [0.29, 0.717) is 11.3 Å². The predicted molar refractivity (Wildman–Crippen MR) is 51.6 cm³/mol. The molecule has 0 fully saturated rings. The lowest BCUT2D eigenvalue weighted by atomic mass is 10.0. The number of benzene rings is 1. The van der Waals surface area contributed by atoms with Crippen molar-refractivity contribution >= 4 is 0 Å². The van der Waals surface area contributed by atoms with Gasteiger partial charge in [-0.05, 0) is 24.6 Å². The van der Waals surface area contributed by atoms with Gasteiger partial charge in [-0.1, -0.05) is 0 Å². The molecular weight excluding hydrogens is 185 g/mol. The molecule has 0 aromatic heterocycles. The molecular formula is C10H14FNO2. The lowest BCUT2D eigenvalue weighted by Crippen LogP contribution is -2.24. The van der Waals surface area contributed by atoms with Crippen LogP contribution in [0.1, 0.15) is 18.6 Å². The highest BCUT2D eigenvalue weighted by Crippen LogP contribution is 2.22. The molecule has 0 aliphatic rings. The Morgan fingerprint density at radius 1 is 1.43 bits per heavy atom. The summed E-state index contributed by atoms with van der Waals surface area (Å²) in [6.45, 7) is 1.65. The van der Waals surface area contributed by atoms with Crippen LogP contribution >= 0.6 is 0 Å². The smallest absolute Gasteiger partial charge is 0.127 e. The van der Waals surface area contributed by atoms with Crippen molar-refractivity contribution in [2.45, 2.75) is 19.1 Å². The van der Waals surface area contributed by atoms with Crippen LogP contribution in [0.5, 0.6) is 5.75 Å². The number of hydrogen-bond acceptors (Lipinski definition) is 3. The number of hydrogen-bond donors (Lipinski definition) is 2. The van der Waals surface area contributed by atoms with Crippen LogP contribution < -0.4 is 10.5 Å². The average Bonchev–Trinajstić information content (AvgIpc) is 2.15. The molecule has 0 spiro atoms. The van der Waals surface area contributed by atoms with E-state index >= 15 is 0 Å². The van der Waals surface area contributed by atoms with Gasteiger partial charge in [0.2, 0.25) is 0 Å². The van der Waals surface area contributed by atoms with Crippen molar-refractivity contribution in [2.24, 2.45) is 5.73 Å². The van der Waals surface area contributed by atoms with E-state index in [1.54, 1.807) is 13.0 Å². The molecule has 0 radical (unpaired) electrons. The molecule has 3 nitrogen and oxygen atoms in total. The Labute approximate surface area is 82.3 Å². The van der Waals surface area contributed by atoms with E-state index in [1.165, 1.54) is 19.2 Å². The van der Waals surface area contributed by atoms with E-state index in [1.807, 2.05) is 0 Å². The summed E-state index contributed by atoms with van der Waals surface area (Å²) in [7, 11) is 1.44. The third-order valence-electron chi connectivity index (χ3n) is 1.97. The van der Waals surface area contributed by atoms with Crippen molar-refractivity contribution in [1.29, 1.82) is 0 Å². The van der Waals surface area contributed by atoms with E-state index in [-0.39, 0.29) is 0 Å². The number of aliphatic hydroxyl groups excluding tert-OH is 1. The fourth-order valence-electron chi connectivity index (χ4n) is 1.18. The van der Waals surface area contributed by atoms with Crippen LogP contribution in [-0.4, -0.2) is 18.3 Å². The molecule has 14 heavy (non-hydrogen) atoms. The molecule has 1 aromatic carbocycles. The molecule has 0 aliphatic carbocycles. The topological polar surface area (TPSA) is 55.5 Å². The zero-order valence-corrected chi connectivity index (χ0v) is 8.20. The Kier molecular flexibility index (Phi) is 3.43. The first-order valence-corrected chi connectivity index (χ1v) is 4.32. The van der Waals surface area contributed by atoms with Gasteiger partial charge >= 0.3 is 0 Å². The van der Waals surface area contributed by atoms with Crippen LogP contribution in [0.4, 0.5) is 4.39 Å². The predicted octanol–water partition coefficient (Wildman–Crippen LogP) is 1.21. The Balaban J connectivity index is 3.02. The van der Waals surface area contributed by atoms with Crippen LogP contribution in [0.25, 0.3) is 0 Å². The largest absolute Gasteiger partial charge is 0.497 e. The molecule has 0 unspecified atom stereocenters. The fourth-order valence-corrected chi connectivity index (χ4v) is 1.18. The maximum Gasteiger partial charge on any atom is 0.127 e. The first-order valence-electron chi connectivity index (χ1n) is 4.32. The standard InChI is InChI=1S/C10H14FNO2/c1-6(12)10(13)7-3-8(11)5-9(4-7)14-2/h3-6,10,13H,12H2,1-2H3/t6-,10+/m0/s1. The summed E-state index contributed by atoms with van der Waals surface area (Å²) in [5.41, 5.74) is 5.92. The Morgan fingerprint density at radius 2 is 2.07 bits per heavy atom. The lowest BCUT2D eigenvalue weighted by Gasteiger charge is -2.15. The minimum absolute atomic E-state index is 0.375. The van der Waals surface area contributed by atoms with Gasteiger partial charge in [-0.2, -0.15) is 0 Å². The zero-order valence-electron chi connectivity index (χ0n) is 8.20. The molecule has 0 amide bonds. The minimum Gasteiger partial charge on any atom is -0.497 e. The Hall–Kier alpha value is -1.13. The quantitative estimate of drug-likeness (QED) is 0.769. The van der Waals surface area contributed by atoms with Crippen LogP contribution in [0.15, 0.2) is 18.2 Å². The number of halogens is 1. The molecule has 4 heteroatoms. The highest BCUT2D eigenvalue weighted by molar-refractivity contribution is 5.31. The summed E-state index contributed by atoms with van der Waals surface area (Å²) in [6, 6.07) is 3.62. The normalized spacial score (nSPS) is 14.9. The minimum atomic E-state index is -0.875. The molecule has 0 heterocycles. The van der Waals surface area contributed by atoms with Gasteiger partial charge in [0.05, 0.1) is 13.2 Å². The number of methoxy groups -OCH3 is 1. The van der Waals surface area contributed by atoms with Gasteiger partial charge in [-0.15, -0.1) is 0 Å². The van der Waals surface area contributed by atoms with Crippen LogP contribution in [0, 0.1) is 5.82 Å². The summed E-state index contributed by atoms with van der Waals surface area (Å²) in [6.07, 6.45) is -0.875. The molecule has 0 bridgehead atoms. The lowest BCUT2D eigenvalue weighted by molar-refractivity contribution is 0.152. The first-order chi connectivity index (χ1) is 6.54. The second kappa shape index (κ2) is 4.39. The Bertz CT molecular complexity index is 315. The maximum absolute atomic E-state index is 13.0. The van der Waals surface area contributed by atoms with E-state index in [0.717, 1.165) is 0 Å². The summed E-state index contributed by atoms with van der Waals surface area (Å²) in [5, 5.41) is 9.59. The van der Waals surface area contributed by atoms with Gasteiger partial charge < -0.3 is 15.6 Å². The van der Waals surface area contributed by atoms with Gasteiger partial charge in [0.1, 0.15) is 11.6 Å². The van der Waals surface area contributed by atoms with Crippen molar-refractivity contribution in [3.63, 3.8) is 0 Å². The van der Waals surface area contributed by atoms with Gasteiger partial charge in [-0.25, -0.2) is 4.39 Å². The second-order valence-corrected chi connectivity index (χ2v) is 3.23. The molecule has 1 aromatic rings. The van der Waals surface area contributed by atoms with E-state index in [2.05, 4.69) is 0 Å². The monoisotopic (exact) mass is 199 g/mol. The van der Waals surface area contributed by atoms with Crippen LogP contribution in [-0.2, 0) is 0 Å². The van der Waals surface area contributed by atoms with Crippen LogP contribution in [0.3, 0.4) is 0 Å². The van der Waals surface area contributed by atoms with Gasteiger partial charge in [-0.3, -0.25) is 0 Å². The highest BCUT2D eigenvalue weighted by atomic mass is 19.1. The van der Waals surface area contributed by atoms with Crippen molar-refractivity contribution < 1.29 is 14.2 Å². The first kappa shape index (κ1) is 10.9. The third kappa shape index (κ3) is 2.43. The number of ether oxygens (including phenoxy) is 1. The maximum atomic E-state index is 13.0. The second-order valence-electron chi connectivity index (χ2n) is 3.23. The van der Waals surface area contributed by atoms with E-state index in [9.17, 15) is 9.50 Å². The molecule has 0 saturated carbocycles. The van der Waals surface area contributed by atoms with Gasteiger partial charge in [0.15, 0.2) is 0 Å². The molecule has 1 rings (SSSR count). The average molecular weight is 199 g/mol. The zero-order chi connectivity index (χ0) is 10.7. The van der Waals surface area contributed by atoms with Crippen molar-refractivity contribution in [2.75, 3.05) is 7.11 Å². The summed E-state index contributed by atoms with van der Waals surface area (Å²) < 4.78 is 17.9. The summed E-state index contributed by atoms with van der Waals surface area (Å²) in [5.74, 6) is -0.0706. The SMILES string of the molecule is COc1cc(F)cc([C@H](O)[C@H](C)N)c1. The van der Waals surface area contributed by atoms with Crippen molar-refractivity contribution in [3.05, 3.63) is 29.6 Å². The molecule has 3 N–H and O–H groups in total. The molecule has 2 atom stereocenters. The molecule has 0 saturated heterocycles. The Morgan fingerprint density at radius 3 is 2.57 bits per heavy atom. The van der Waals surface area contributed by atoms with Gasteiger partial charge in [0, 0.05) is 12.1 Å². The molecule has 0 aliphatic heterocycles. The molecule has 78 valence electrons. The number of nitrogens with two attached hydrogens (primary N) is 1. The fraction of sp³-hybridized carbons (Fsp3) is 0.400. The number of aliphatic hydroxyl groups is 1. The van der Waals surface area contributed by atoms with Crippen LogP contribution in [0.2, 0.25) is 0 Å². The van der Waals surface area contributed by atoms with Crippen molar-refractivity contribution in [1.82, 2.24) is 0 Å². The third-order valence-corrected chi connectivity index (χ3v) is 1.97. The highest BCUT2D eigenvalue weighted by Gasteiger charge is 2.14. The number of rotatable bonds is 3. The van der Waals surface area contributed by atoms with E-state index < -0.39 is 18.0 Å². The van der Waals surface area contributed by atoms with Gasteiger partial charge in [0.25, 0.3) is 0 Å².